The lowest BCUT2D eigenvalue weighted by molar-refractivity contribution is 0.515. The van der Waals surface area contributed by atoms with E-state index in [0.717, 1.165) is 15.7 Å². The fourth-order valence-corrected chi connectivity index (χ4v) is 2.40. The number of aromatic nitrogens is 2. The van der Waals surface area contributed by atoms with Gasteiger partial charge in [-0.1, -0.05) is 33.6 Å². The van der Waals surface area contributed by atoms with Crippen LogP contribution in [0.1, 0.15) is 17.0 Å². The summed E-state index contributed by atoms with van der Waals surface area (Å²) in [5.41, 5.74) is 4.31. The first-order valence-electron chi connectivity index (χ1n) is 7.01. The van der Waals surface area contributed by atoms with Gasteiger partial charge in [0, 0.05) is 15.7 Å². The van der Waals surface area contributed by atoms with E-state index in [4.69, 9.17) is 4.42 Å². The summed E-state index contributed by atoms with van der Waals surface area (Å²) in [7, 11) is 0. The van der Waals surface area contributed by atoms with E-state index in [1.165, 1.54) is 11.1 Å². The smallest absolute Gasteiger partial charge is 0.247 e. The molecule has 22 heavy (non-hydrogen) atoms. The van der Waals surface area contributed by atoms with Crippen LogP contribution in [0.5, 0.6) is 0 Å². The van der Waals surface area contributed by atoms with Gasteiger partial charge in [-0.05, 0) is 49.7 Å². The minimum Gasteiger partial charge on any atom is -0.419 e. The Morgan fingerprint density at radius 3 is 2.73 bits per heavy atom. The second-order valence-electron chi connectivity index (χ2n) is 5.19. The average Bonchev–Trinajstić information content (AvgIpc) is 2.97. The van der Waals surface area contributed by atoms with Gasteiger partial charge in [0.05, 0.1) is 6.54 Å². The van der Waals surface area contributed by atoms with Gasteiger partial charge in [-0.25, -0.2) is 0 Å². The van der Waals surface area contributed by atoms with Crippen molar-refractivity contribution in [3.8, 4) is 11.5 Å². The molecule has 1 aromatic heterocycles. The molecule has 3 aromatic rings. The molecule has 1 N–H and O–H groups in total. The number of nitrogens with zero attached hydrogens (tertiary/aromatic N) is 2. The van der Waals surface area contributed by atoms with Crippen molar-refractivity contribution in [3.63, 3.8) is 0 Å². The third kappa shape index (κ3) is 3.36. The molecule has 2 aromatic carbocycles. The second kappa shape index (κ2) is 6.32. The highest BCUT2D eigenvalue weighted by Crippen LogP contribution is 2.21. The van der Waals surface area contributed by atoms with Crippen LogP contribution in [0.25, 0.3) is 11.5 Å². The Hall–Kier alpha value is -2.14. The van der Waals surface area contributed by atoms with Crippen molar-refractivity contribution >= 4 is 21.6 Å². The Balaban J connectivity index is 1.70. The number of benzene rings is 2. The molecule has 0 aliphatic heterocycles. The van der Waals surface area contributed by atoms with Gasteiger partial charge in [0.1, 0.15) is 0 Å². The van der Waals surface area contributed by atoms with Crippen LogP contribution in [0.15, 0.2) is 51.4 Å². The van der Waals surface area contributed by atoms with Gasteiger partial charge in [-0.2, -0.15) is 0 Å². The first-order chi connectivity index (χ1) is 10.6. The number of hydrogen-bond donors (Lipinski definition) is 1. The summed E-state index contributed by atoms with van der Waals surface area (Å²) < 4.78 is 6.80. The summed E-state index contributed by atoms with van der Waals surface area (Å²) in [4.78, 5) is 0. The van der Waals surface area contributed by atoms with Crippen LogP contribution in [-0.4, -0.2) is 10.2 Å². The summed E-state index contributed by atoms with van der Waals surface area (Å²) in [5, 5.41) is 11.5. The quantitative estimate of drug-likeness (QED) is 0.733. The van der Waals surface area contributed by atoms with Crippen molar-refractivity contribution in [2.24, 2.45) is 0 Å². The molecular weight excluding hydrogens is 342 g/mol. The van der Waals surface area contributed by atoms with Crippen LogP contribution in [0.4, 0.5) is 5.69 Å². The molecule has 112 valence electrons. The molecule has 0 radical (unpaired) electrons. The standard InChI is InChI=1S/C17H16BrN3O/c1-11-4-3-5-13(8-11)17-21-20-16(22-17)10-19-14-6-7-15(18)12(2)9-14/h3-9,19H,10H2,1-2H3. The lowest BCUT2D eigenvalue weighted by Gasteiger charge is -2.05. The molecular formula is C17H16BrN3O. The highest BCUT2D eigenvalue weighted by Gasteiger charge is 2.08. The van der Waals surface area contributed by atoms with Gasteiger partial charge in [0.2, 0.25) is 11.8 Å². The molecule has 0 atom stereocenters. The maximum absolute atomic E-state index is 5.71. The first-order valence-corrected chi connectivity index (χ1v) is 7.80. The summed E-state index contributed by atoms with van der Waals surface area (Å²) >= 11 is 3.49. The van der Waals surface area contributed by atoms with Crippen molar-refractivity contribution in [3.05, 3.63) is 64.0 Å². The Morgan fingerprint density at radius 1 is 1.09 bits per heavy atom. The zero-order chi connectivity index (χ0) is 15.5. The van der Waals surface area contributed by atoms with Crippen molar-refractivity contribution in [1.82, 2.24) is 10.2 Å². The minimum absolute atomic E-state index is 0.500. The maximum Gasteiger partial charge on any atom is 0.247 e. The molecule has 0 unspecified atom stereocenters. The predicted molar refractivity (Wildman–Crippen MR) is 90.7 cm³/mol. The Kier molecular flexibility index (Phi) is 4.24. The number of hydrogen-bond acceptors (Lipinski definition) is 4. The second-order valence-corrected chi connectivity index (χ2v) is 6.04. The van der Waals surface area contributed by atoms with E-state index in [2.05, 4.69) is 44.4 Å². The molecule has 0 amide bonds. The summed E-state index contributed by atoms with van der Waals surface area (Å²) in [6.45, 7) is 4.59. The van der Waals surface area contributed by atoms with E-state index in [9.17, 15) is 0 Å². The van der Waals surface area contributed by atoms with Crippen LogP contribution >= 0.6 is 15.9 Å². The number of aryl methyl sites for hydroxylation is 2. The molecule has 0 aliphatic rings. The zero-order valence-electron chi connectivity index (χ0n) is 12.4. The molecule has 0 spiro atoms. The predicted octanol–water partition coefficient (Wildman–Crippen LogP) is 4.73. The van der Waals surface area contributed by atoms with Gasteiger partial charge in [-0.15, -0.1) is 10.2 Å². The maximum atomic E-state index is 5.71. The molecule has 0 aliphatic carbocycles. The van der Waals surface area contributed by atoms with Crippen LogP contribution in [0.3, 0.4) is 0 Å². The van der Waals surface area contributed by atoms with E-state index in [-0.39, 0.29) is 0 Å². The van der Waals surface area contributed by atoms with E-state index in [0.29, 0.717) is 18.3 Å². The highest BCUT2D eigenvalue weighted by molar-refractivity contribution is 9.10. The van der Waals surface area contributed by atoms with Gasteiger partial charge >= 0.3 is 0 Å². The van der Waals surface area contributed by atoms with Crippen molar-refractivity contribution in [1.29, 1.82) is 0 Å². The number of halogens is 1. The Labute approximate surface area is 137 Å². The third-order valence-corrected chi connectivity index (χ3v) is 4.22. The molecule has 0 saturated carbocycles. The third-order valence-electron chi connectivity index (χ3n) is 3.33. The number of anilines is 1. The summed E-state index contributed by atoms with van der Waals surface area (Å²) in [5.74, 6) is 1.12. The van der Waals surface area contributed by atoms with Crippen LogP contribution in [0, 0.1) is 13.8 Å². The topological polar surface area (TPSA) is 51.0 Å². The lowest BCUT2D eigenvalue weighted by Crippen LogP contribution is -1.99. The van der Waals surface area contributed by atoms with Crippen molar-refractivity contribution in [2.45, 2.75) is 20.4 Å². The van der Waals surface area contributed by atoms with Gasteiger partial charge in [-0.3, -0.25) is 0 Å². The number of rotatable bonds is 4. The fraction of sp³-hybridized carbons (Fsp3) is 0.176. The summed E-state index contributed by atoms with van der Waals surface area (Å²) in [6.07, 6.45) is 0. The zero-order valence-corrected chi connectivity index (χ0v) is 14.0. The van der Waals surface area contributed by atoms with Crippen LogP contribution in [-0.2, 0) is 6.54 Å². The monoisotopic (exact) mass is 357 g/mol. The molecule has 0 fully saturated rings. The molecule has 1 heterocycles. The van der Waals surface area contributed by atoms with Crippen LogP contribution in [0.2, 0.25) is 0 Å². The summed E-state index contributed by atoms with van der Waals surface area (Å²) in [6, 6.07) is 14.1. The largest absolute Gasteiger partial charge is 0.419 e. The molecule has 3 rings (SSSR count). The average molecular weight is 358 g/mol. The molecule has 0 bridgehead atoms. The number of nitrogens with one attached hydrogen (secondary N) is 1. The fourth-order valence-electron chi connectivity index (χ4n) is 2.15. The van der Waals surface area contributed by atoms with Crippen molar-refractivity contribution < 1.29 is 4.42 Å². The normalized spacial score (nSPS) is 10.7. The molecule has 5 heteroatoms. The minimum atomic E-state index is 0.500. The van der Waals surface area contributed by atoms with E-state index >= 15 is 0 Å². The molecule has 4 nitrogen and oxygen atoms in total. The van der Waals surface area contributed by atoms with E-state index < -0.39 is 0 Å². The van der Waals surface area contributed by atoms with Gasteiger partial charge in [0.25, 0.3) is 0 Å². The van der Waals surface area contributed by atoms with Gasteiger partial charge < -0.3 is 9.73 Å². The van der Waals surface area contributed by atoms with Gasteiger partial charge in [0.15, 0.2) is 0 Å². The Bertz CT molecular complexity index is 798. The molecule has 0 saturated heterocycles. The first kappa shape index (κ1) is 14.8. The highest BCUT2D eigenvalue weighted by atomic mass is 79.9. The lowest BCUT2D eigenvalue weighted by atomic mass is 10.1. The van der Waals surface area contributed by atoms with Crippen molar-refractivity contribution in [2.75, 3.05) is 5.32 Å². The van der Waals surface area contributed by atoms with E-state index in [1.54, 1.807) is 0 Å². The Morgan fingerprint density at radius 2 is 1.95 bits per heavy atom. The van der Waals surface area contributed by atoms with E-state index in [1.807, 2.05) is 43.3 Å². The van der Waals surface area contributed by atoms with Crippen LogP contribution < -0.4 is 5.32 Å². The SMILES string of the molecule is Cc1cccc(-c2nnc(CNc3ccc(Br)c(C)c3)o2)c1.